The summed E-state index contributed by atoms with van der Waals surface area (Å²) < 4.78 is 0. The number of fused-ring (bicyclic) bond motifs is 11. The molecule has 0 bridgehead atoms. The Bertz CT molecular complexity index is 1600. The van der Waals surface area contributed by atoms with Crippen molar-refractivity contribution in [2.75, 3.05) is 0 Å². The number of hydrogen-bond donors (Lipinski definition) is 0. The van der Waals surface area contributed by atoms with Gasteiger partial charge in [-0.2, -0.15) is 0 Å². The minimum absolute atomic E-state index is 0.000491. The molecule has 0 aromatic heterocycles. The Morgan fingerprint density at radius 1 is 0.353 bits per heavy atom. The molecule has 0 saturated heterocycles. The summed E-state index contributed by atoms with van der Waals surface area (Å²) >= 11 is 0. The van der Waals surface area contributed by atoms with Gasteiger partial charge in [0.25, 0.3) is 0 Å². The van der Waals surface area contributed by atoms with E-state index in [0.717, 1.165) is 0 Å². The van der Waals surface area contributed by atoms with Crippen LogP contribution in [0.3, 0.4) is 0 Å². The minimum Gasteiger partial charge on any atom is -0.0619 e. The summed E-state index contributed by atoms with van der Waals surface area (Å²) in [5, 5.41) is 5.34. The summed E-state index contributed by atoms with van der Waals surface area (Å²) in [6.45, 7) is 10.2. The van der Waals surface area contributed by atoms with E-state index in [0.29, 0.717) is 0 Å². The van der Waals surface area contributed by atoms with Gasteiger partial charge >= 0.3 is 0 Å². The van der Waals surface area contributed by atoms with Crippen LogP contribution in [0.15, 0.2) is 97.1 Å². The Hall–Kier alpha value is -3.38. The SMILES string of the molecule is CC12c3ccccc3[C@@]3(C)c4cc5cc6ccccc6cc5cc4[C@@](C)(c4ccccc41)C23C. The maximum absolute atomic E-state index is 2.59. The first-order valence-electron chi connectivity index (χ1n) is 12.5. The van der Waals surface area contributed by atoms with Gasteiger partial charge < -0.3 is 0 Å². The summed E-state index contributed by atoms with van der Waals surface area (Å²) in [6.07, 6.45) is 0. The molecule has 0 radical (unpaired) electrons. The van der Waals surface area contributed by atoms with Crippen LogP contribution in [0.5, 0.6) is 0 Å². The molecule has 0 nitrogen and oxygen atoms in total. The van der Waals surface area contributed by atoms with Crippen molar-refractivity contribution in [1.82, 2.24) is 0 Å². The van der Waals surface area contributed by atoms with Gasteiger partial charge in [-0.25, -0.2) is 0 Å². The summed E-state index contributed by atoms with van der Waals surface area (Å²) in [7, 11) is 0. The average molecular weight is 437 g/mol. The van der Waals surface area contributed by atoms with E-state index in [1.807, 2.05) is 0 Å². The molecule has 0 heterocycles. The van der Waals surface area contributed by atoms with Crippen molar-refractivity contribution in [3.8, 4) is 0 Å². The van der Waals surface area contributed by atoms with E-state index in [2.05, 4.69) is 125 Å². The van der Waals surface area contributed by atoms with E-state index in [1.54, 1.807) is 0 Å². The summed E-state index contributed by atoms with van der Waals surface area (Å²) in [5.74, 6) is 0. The van der Waals surface area contributed by atoms with Gasteiger partial charge in [-0.1, -0.05) is 100 Å². The van der Waals surface area contributed by atoms with Gasteiger partial charge in [-0.05, 0) is 79.2 Å². The molecule has 3 aliphatic rings. The summed E-state index contributed by atoms with van der Waals surface area (Å²) in [4.78, 5) is 0. The molecule has 0 amide bonds. The van der Waals surface area contributed by atoms with Crippen LogP contribution in [0.1, 0.15) is 61.1 Å². The van der Waals surface area contributed by atoms with E-state index < -0.39 is 0 Å². The zero-order valence-corrected chi connectivity index (χ0v) is 20.2. The predicted molar refractivity (Wildman–Crippen MR) is 142 cm³/mol. The van der Waals surface area contributed by atoms with Crippen LogP contribution in [0.2, 0.25) is 0 Å². The fraction of sp³-hybridized carbons (Fsp3) is 0.235. The fourth-order valence-corrected chi connectivity index (χ4v) is 9.08. The maximum Gasteiger partial charge on any atom is 0.0258 e. The van der Waals surface area contributed by atoms with Crippen LogP contribution >= 0.6 is 0 Å². The summed E-state index contributed by atoms with van der Waals surface area (Å²) in [5.41, 5.74) is 8.92. The maximum atomic E-state index is 2.59. The molecule has 3 aliphatic carbocycles. The Labute approximate surface area is 201 Å². The molecule has 2 unspecified atom stereocenters. The highest BCUT2D eigenvalue weighted by molar-refractivity contribution is 6.00. The van der Waals surface area contributed by atoms with Crippen molar-refractivity contribution in [2.24, 2.45) is 5.41 Å². The molecule has 5 aromatic carbocycles. The third-order valence-electron chi connectivity index (χ3n) is 10.9. The van der Waals surface area contributed by atoms with Crippen LogP contribution in [0.25, 0.3) is 21.5 Å². The van der Waals surface area contributed by atoms with Crippen molar-refractivity contribution < 1.29 is 0 Å². The Kier molecular flexibility index (Phi) is 3.05. The molecule has 164 valence electrons. The lowest BCUT2D eigenvalue weighted by Crippen LogP contribution is -2.51. The first kappa shape index (κ1) is 19.0. The molecule has 8 rings (SSSR count). The number of hydrogen-bond acceptors (Lipinski definition) is 0. The molecule has 0 spiro atoms. The minimum atomic E-state index is -0.0682. The lowest BCUT2D eigenvalue weighted by atomic mass is 9.52. The molecule has 0 N–H and O–H groups in total. The van der Waals surface area contributed by atoms with Crippen molar-refractivity contribution in [1.29, 1.82) is 0 Å². The molecule has 0 saturated carbocycles. The van der Waals surface area contributed by atoms with Gasteiger partial charge in [0.05, 0.1) is 0 Å². The Balaban J connectivity index is 1.60. The second-order valence-electron chi connectivity index (χ2n) is 11.5. The lowest BCUT2D eigenvalue weighted by Gasteiger charge is -2.49. The van der Waals surface area contributed by atoms with Crippen LogP contribution < -0.4 is 0 Å². The summed E-state index contributed by atoms with van der Waals surface area (Å²) in [6, 6.07) is 37.2. The average Bonchev–Trinajstić information content (AvgIpc) is 3.22. The third-order valence-corrected chi connectivity index (χ3v) is 10.9. The van der Waals surface area contributed by atoms with Gasteiger partial charge in [-0.3, -0.25) is 0 Å². The highest BCUT2D eigenvalue weighted by Gasteiger charge is 2.79. The first-order chi connectivity index (χ1) is 16.4. The molecule has 0 fully saturated rings. The molecule has 0 aliphatic heterocycles. The standard InChI is InChI=1S/C34H28/c1-31-25-13-7-9-15-27(25)32(2)29-19-23-17-21-11-5-6-12-22(21)18-24(23)20-30(29)33(3,34(31,32)4)28-16-10-8-14-26(28)31/h5-20H,1-4H3/t31?,32-,33+,34?. The van der Waals surface area contributed by atoms with E-state index >= 15 is 0 Å². The predicted octanol–water partition coefficient (Wildman–Crippen LogP) is 8.26. The van der Waals surface area contributed by atoms with E-state index in [1.165, 1.54) is 54.9 Å². The zero-order chi connectivity index (χ0) is 23.1. The molecular weight excluding hydrogens is 408 g/mol. The number of rotatable bonds is 0. The quantitative estimate of drug-likeness (QED) is 0.214. The van der Waals surface area contributed by atoms with Gasteiger partial charge in [-0.15, -0.1) is 0 Å². The van der Waals surface area contributed by atoms with Crippen molar-refractivity contribution in [3.63, 3.8) is 0 Å². The molecule has 0 heteroatoms. The fourth-order valence-electron chi connectivity index (χ4n) is 9.08. The zero-order valence-electron chi connectivity index (χ0n) is 20.2. The topological polar surface area (TPSA) is 0 Å². The van der Waals surface area contributed by atoms with Crippen LogP contribution in [0, 0.1) is 5.41 Å². The highest BCUT2D eigenvalue weighted by Crippen LogP contribution is 2.82. The molecule has 34 heavy (non-hydrogen) atoms. The van der Waals surface area contributed by atoms with Crippen molar-refractivity contribution in [3.05, 3.63) is 130 Å². The smallest absolute Gasteiger partial charge is 0.0258 e. The molecule has 4 atom stereocenters. The molecular formula is C34H28. The lowest BCUT2D eigenvalue weighted by molar-refractivity contribution is 0.0997. The van der Waals surface area contributed by atoms with Gasteiger partial charge in [0.1, 0.15) is 0 Å². The Morgan fingerprint density at radius 3 is 1.06 bits per heavy atom. The van der Waals surface area contributed by atoms with Gasteiger partial charge in [0.15, 0.2) is 0 Å². The van der Waals surface area contributed by atoms with Crippen molar-refractivity contribution in [2.45, 2.75) is 43.9 Å². The monoisotopic (exact) mass is 436 g/mol. The van der Waals surface area contributed by atoms with E-state index in [-0.39, 0.29) is 21.7 Å². The van der Waals surface area contributed by atoms with Crippen LogP contribution in [-0.4, -0.2) is 0 Å². The Morgan fingerprint density at radius 2 is 0.676 bits per heavy atom. The first-order valence-corrected chi connectivity index (χ1v) is 12.5. The van der Waals surface area contributed by atoms with Crippen LogP contribution in [0.4, 0.5) is 0 Å². The van der Waals surface area contributed by atoms with Gasteiger partial charge in [0, 0.05) is 21.7 Å². The third kappa shape index (κ3) is 1.61. The van der Waals surface area contributed by atoms with Gasteiger partial charge in [0.2, 0.25) is 0 Å². The van der Waals surface area contributed by atoms with E-state index in [4.69, 9.17) is 0 Å². The number of benzene rings is 5. The second-order valence-corrected chi connectivity index (χ2v) is 11.5. The van der Waals surface area contributed by atoms with Crippen LogP contribution in [-0.2, 0) is 16.2 Å². The largest absolute Gasteiger partial charge is 0.0619 e. The molecule has 5 aromatic rings. The van der Waals surface area contributed by atoms with E-state index in [9.17, 15) is 0 Å². The highest BCUT2D eigenvalue weighted by atomic mass is 14.8. The normalized spacial score (nSPS) is 32.0. The van der Waals surface area contributed by atoms with Crippen molar-refractivity contribution >= 4 is 21.5 Å². The second kappa shape index (κ2) is 5.47.